The number of hydrogen-bond acceptors (Lipinski definition) is 4. The van der Waals surface area contributed by atoms with Crippen LogP contribution in [0, 0.1) is 11.7 Å². The fourth-order valence-corrected chi connectivity index (χ4v) is 4.61. The van der Waals surface area contributed by atoms with Crippen molar-refractivity contribution < 1.29 is 4.39 Å². The van der Waals surface area contributed by atoms with Gasteiger partial charge in [0, 0.05) is 26.7 Å². The molecule has 5 rings (SSSR count). The van der Waals surface area contributed by atoms with Crippen LogP contribution in [-0.2, 0) is 26.6 Å². The highest BCUT2D eigenvalue weighted by Crippen LogP contribution is 2.27. The summed E-state index contributed by atoms with van der Waals surface area (Å²) in [5.74, 6) is 0.697. The molecule has 1 atom stereocenters. The Morgan fingerprint density at radius 1 is 1.00 bits per heavy atom. The zero-order valence-electron chi connectivity index (χ0n) is 18.7. The minimum Gasteiger partial charge on any atom is -0.342 e. The topological polar surface area (TPSA) is 65.1 Å². The van der Waals surface area contributed by atoms with E-state index in [4.69, 9.17) is 4.98 Å². The molecule has 3 heterocycles. The fraction of sp³-hybridized carbons (Fsp3) is 0.320. The smallest absolute Gasteiger partial charge is 0.332 e. The SMILES string of the molecule is CC1CN(CCc2ccccc2)c2nc3c(c(=O)n(Cc4ccc(F)cc4)c(=O)n3C)n2C1. The molecule has 1 aliphatic rings. The van der Waals surface area contributed by atoms with Crippen LogP contribution in [-0.4, -0.2) is 31.8 Å². The van der Waals surface area contributed by atoms with E-state index in [-0.39, 0.29) is 17.9 Å². The van der Waals surface area contributed by atoms with Gasteiger partial charge < -0.3 is 9.47 Å². The van der Waals surface area contributed by atoms with Crippen molar-refractivity contribution in [3.63, 3.8) is 0 Å². The largest absolute Gasteiger partial charge is 0.342 e. The van der Waals surface area contributed by atoms with Gasteiger partial charge in [0.05, 0.1) is 6.54 Å². The summed E-state index contributed by atoms with van der Waals surface area (Å²) >= 11 is 0. The summed E-state index contributed by atoms with van der Waals surface area (Å²) < 4.78 is 17.9. The maximum atomic E-state index is 13.5. The van der Waals surface area contributed by atoms with Gasteiger partial charge in [-0.15, -0.1) is 0 Å². The molecule has 0 saturated carbocycles. The van der Waals surface area contributed by atoms with Gasteiger partial charge in [-0.2, -0.15) is 4.98 Å². The molecule has 4 aromatic rings. The van der Waals surface area contributed by atoms with Crippen LogP contribution in [0.25, 0.3) is 11.2 Å². The number of anilines is 1. The molecule has 1 aliphatic heterocycles. The van der Waals surface area contributed by atoms with Gasteiger partial charge in [0.1, 0.15) is 5.82 Å². The summed E-state index contributed by atoms with van der Waals surface area (Å²) in [4.78, 5) is 33.5. The average Bonchev–Trinajstić information content (AvgIpc) is 3.20. The van der Waals surface area contributed by atoms with Crippen molar-refractivity contribution in [2.24, 2.45) is 13.0 Å². The summed E-state index contributed by atoms with van der Waals surface area (Å²) in [7, 11) is 1.64. The zero-order chi connectivity index (χ0) is 23.1. The number of aryl methyl sites for hydroxylation is 1. The lowest BCUT2D eigenvalue weighted by atomic mass is 10.1. The standard InChI is InChI=1S/C25H26FN5O2/c1-17-14-29(13-12-18-6-4-3-5-7-18)24-27-22-21(30(24)15-17)23(32)31(25(33)28(22)2)16-19-8-10-20(26)11-9-19/h3-11,17H,12-16H2,1-2H3. The number of hydrogen-bond donors (Lipinski definition) is 0. The molecule has 0 saturated heterocycles. The highest BCUT2D eigenvalue weighted by molar-refractivity contribution is 5.75. The Labute approximate surface area is 190 Å². The molecule has 0 amide bonds. The zero-order valence-corrected chi connectivity index (χ0v) is 18.7. The molecular weight excluding hydrogens is 421 g/mol. The first-order valence-electron chi connectivity index (χ1n) is 11.2. The number of nitrogens with zero attached hydrogens (tertiary/aromatic N) is 5. The Kier molecular flexibility index (Phi) is 5.36. The van der Waals surface area contributed by atoms with Crippen molar-refractivity contribution in [3.05, 3.63) is 92.4 Å². The molecule has 2 aromatic heterocycles. The van der Waals surface area contributed by atoms with Crippen molar-refractivity contribution in [1.29, 1.82) is 0 Å². The molecule has 33 heavy (non-hydrogen) atoms. The lowest BCUT2D eigenvalue weighted by molar-refractivity contribution is 0.437. The Balaban J connectivity index is 1.58. The predicted molar refractivity (Wildman–Crippen MR) is 126 cm³/mol. The van der Waals surface area contributed by atoms with Crippen molar-refractivity contribution in [1.82, 2.24) is 18.7 Å². The Morgan fingerprint density at radius 2 is 1.73 bits per heavy atom. The summed E-state index contributed by atoms with van der Waals surface area (Å²) in [5, 5.41) is 0. The van der Waals surface area contributed by atoms with Gasteiger partial charge in [-0.3, -0.25) is 13.9 Å². The Hall–Kier alpha value is -3.68. The molecule has 0 bridgehead atoms. The monoisotopic (exact) mass is 447 g/mol. The maximum Gasteiger partial charge on any atom is 0.332 e. The van der Waals surface area contributed by atoms with E-state index in [1.165, 1.54) is 26.8 Å². The highest BCUT2D eigenvalue weighted by atomic mass is 19.1. The second-order valence-corrected chi connectivity index (χ2v) is 8.84. The first-order valence-corrected chi connectivity index (χ1v) is 11.2. The second kappa shape index (κ2) is 8.35. The van der Waals surface area contributed by atoms with E-state index in [2.05, 4.69) is 24.0 Å². The third kappa shape index (κ3) is 3.86. The van der Waals surface area contributed by atoms with Gasteiger partial charge in [-0.1, -0.05) is 49.4 Å². The minimum absolute atomic E-state index is 0.0789. The molecule has 0 aliphatic carbocycles. The molecule has 0 spiro atoms. The first kappa shape index (κ1) is 21.2. The molecule has 8 heteroatoms. The van der Waals surface area contributed by atoms with Gasteiger partial charge in [-0.05, 0) is 35.6 Å². The summed E-state index contributed by atoms with van der Waals surface area (Å²) in [6.45, 7) is 4.51. The van der Waals surface area contributed by atoms with Gasteiger partial charge in [0.15, 0.2) is 11.2 Å². The predicted octanol–water partition coefficient (Wildman–Crippen LogP) is 2.78. The number of fused-ring (bicyclic) bond motifs is 3. The van der Waals surface area contributed by atoms with Gasteiger partial charge in [-0.25, -0.2) is 9.18 Å². The van der Waals surface area contributed by atoms with Crippen LogP contribution in [0.2, 0.25) is 0 Å². The summed E-state index contributed by atoms with van der Waals surface area (Å²) in [5.41, 5.74) is 1.96. The van der Waals surface area contributed by atoms with Crippen LogP contribution in [0.15, 0.2) is 64.2 Å². The normalized spacial score (nSPS) is 15.7. The lowest BCUT2D eigenvalue weighted by Crippen LogP contribution is -2.41. The number of halogens is 1. The van der Waals surface area contributed by atoms with E-state index in [1.54, 1.807) is 19.2 Å². The van der Waals surface area contributed by atoms with E-state index in [0.29, 0.717) is 29.2 Å². The van der Waals surface area contributed by atoms with E-state index < -0.39 is 5.69 Å². The van der Waals surface area contributed by atoms with Gasteiger partial charge in [0.2, 0.25) is 5.95 Å². The van der Waals surface area contributed by atoms with Crippen molar-refractivity contribution in [3.8, 4) is 0 Å². The molecule has 1 unspecified atom stereocenters. The van der Waals surface area contributed by atoms with Gasteiger partial charge in [0.25, 0.3) is 5.56 Å². The quantitative estimate of drug-likeness (QED) is 0.472. The number of benzene rings is 2. The molecule has 0 N–H and O–H groups in total. The van der Waals surface area contributed by atoms with Crippen LogP contribution in [0.3, 0.4) is 0 Å². The molecule has 170 valence electrons. The maximum absolute atomic E-state index is 13.5. The van der Waals surface area contributed by atoms with Crippen molar-refractivity contribution in [2.75, 3.05) is 18.0 Å². The minimum atomic E-state index is -0.434. The van der Waals surface area contributed by atoms with Crippen LogP contribution in [0.4, 0.5) is 10.3 Å². The molecule has 0 radical (unpaired) electrons. The molecule has 0 fully saturated rings. The molecule has 2 aromatic carbocycles. The van der Waals surface area contributed by atoms with Crippen molar-refractivity contribution >= 4 is 17.1 Å². The van der Waals surface area contributed by atoms with E-state index >= 15 is 0 Å². The first-order chi connectivity index (χ1) is 15.9. The number of imidazole rings is 1. The Bertz CT molecular complexity index is 1420. The van der Waals surface area contributed by atoms with E-state index in [9.17, 15) is 14.0 Å². The van der Waals surface area contributed by atoms with Crippen LogP contribution >= 0.6 is 0 Å². The summed E-state index contributed by atoms with van der Waals surface area (Å²) in [6.07, 6.45) is 0.866. The average molecular weight is 448 g/mol. The van der Waals surface area contributed by atoms with E-state index in [1.807, 2.05) is 22.8 Å². The summed E-state index contributed by atoms with van der Waals surface area (Å²) in [6, 6.07) is 16.1. The third-order valence-corrected chi connectivity index (χ3v) is 6.29. The third-order valence-electron chi connectivity index (χ3n) is 6.29. The van der Waals surface area contributed by atoms with Crippen LogP contribution < -0.4 is 16.1 Å². The van der Waals surface area contributed by atoms with Gasteiger partial charge >= 0.3 is 5.69 Å². The van der Waals surface area contributed by atoms with Crippen molar-refractivity contribution in [2.45, 2.75) is 26.4 Å². The molecular formula is C25H26FN5O2. The van der Waals surface area contributed by atoms with Crippen LogP contribution in [0.5, 0.6) is 0 Å². The fourth-order valence-electron chi connectivity index (χ4n) is 4.61. The molecule has 7 nitrogen and oxygen atoms in total. The van der Waals surface area contributed by atoms with E-state index in [0.717, 1.165) is 25.5 Å². The number of aromatic nitrogens is 4. The second-order valence-electron chi connectivity index (χ2n) is 8.84. The number of rotatable bonds is 5. The van der Waals surface area contributed by atoms with Crippen LogP contribution in [0.1, 0.15) is 18.1 Å². The Morgan fingerprint density at radius 3 is 2.45 bits per heavy atom. The lowest BCUT2D eigenvalue weighted by Gasteiger charge is -2.33. The highest BCUT2D eigenvalue weighted by Gasteiger charge is 2.28.